The van der Waals surface area contributed by atoms with Crippen molar-refractivity contribution in [3.05, 3.63) is 16.1 Å². The van der Waals surface area contributed by atoms with Gasteiger partial charge in [-0.2, -0.15) is 0 Å². The van der Waals surface area contributed by atoms with E-state index in [1.54, 1.807) is 12.5 Å². The van der Waals surface area contributed by atoms with Gasteiger partial charge in [0.05, 0.1) is 12.0 Å². The summed E-state index contributed by atoms with van der Waals surface area (Å²) in [5, 5.41) is 5.16. The lowest BCUT2D eigenvalue weighted by molar-refractivity contribution is -0.132. The number of methoxy groups -OCH3 is 1. The van der Waals surface area contributed by atoms with Crippen LogP contribution in [0.3, 0.4) is 0 Å². The van der Waals surface area contributed by atoms with E-state index in [4.69, 9.17) is 15.2 Å². The van der Waals surface area contributed by atoms with E-state index in [1.165, 1.54) is 11.3 Å². The molecule has 0 atom stereocenters. The molecule has 0 aromatic carbocycles. The Labute approximate surface area is 126 Å². The Kier molecular flexibility index (Phi) is 5.27. The molecule has 1 aromatic rings. The summed E-state index contributed by atoms with van der Waals surface area (Å²) < 4.78 is 10.2. The van der Waals surface area contributed by atoms with Gasteiger partial charge in [-0.25, -0.2) is 4.98 Å². The number of nitrogens with one attached hydrogen (secondary N) is 1. The van der Waals surface area contributed by atoms with Crippen LogP contribution in [0.15, 0.2) is 5.38 Å². The predicted octanol–water partition coefficient (Wildman–Crippen LogP) is 0.301. The first kappa shape index (κ1) is 15.9. The molecule has 2 rings (SSSR count). The van der Waals surface area contributed by atoms with Gasteiger partial charge in [0.15, 0.2) is 0 Å². The van der Waals surface area contributed by atoms with Gasteiger partial charge in [-0.3, -0.25) is 9.59 Å². The van der Waals surface area contributed by atoms with Crippen molar-refractivity contribution in [1.29, 1.82) is 0 Å². The summed E-state index contributed by atoms with van der Waals surface area (Å²) in [5.41, 5.74) is 5.10. The first-order valence-corrected chi connectivity index (χ1v) is 7.54. The molecule has 1 saturated heterocycles. The average Bonchev–Trinajstić information content (AvgIpc) is 2.95. The van der Waals surface area contributed by atoms with Crippen LogP contribution in [-0.4, -0.2) is 43.7 Å². The minimum absolute atomic E-state index is 0.210. The summed E-state index contributed by atoms with van der Waals surface area (Å²) in [6.45, 7) is 1.54. The van der Waals surface area contributed by atoms with Gasteiger partial charge in [0.25, 0.3) is 5.91 Å². The van der Waals surface area contributed by atoms with Crippen molar-refractivity contribution in [3.8, 4) is 0 Å². The van der Waals surface area contributed by atoms with Gasteiger partial charge in [0, 0.05) is 32.2 Å². The fourth-order valence-corrected chi connectivity index (χ4v) is 2.96. The molecule has 2 heterocycles. The molecule has 7 nitrogen and oxygen atoms in total. The molecule has 1 aliphatic heterocycles. The van der Waals surface area contributed by atoms with Gasteiger partial charge >= 0.3 is 0 Å². The number of amides is 2. The molecule has 0 saturated carbocycles. The SMILES string of the molecule is COCc1nc(C(=O)NCC2(C(N)=O)CCOCC2)cs1. The first-order valence-electron chi connectivity index (χ1n) is 6.66. The highest BCUT2D eigenvalue weighted by molar-refractivity contribution is 7.09. The molecule has 2 amide bonds. The van der Waals surface area contributed by atoms with Crippen molar-refractivity contribution in [3.63, 3.8) is 0 Å². The molecule has 116 valence electrons. The van der Waals surface area contributed by atoms with Crippen LogP contribution in [0.25, 0.3) is 0 Å². The number of thiazole rings is 1. The molecule has 0 bridgehead atoms. The lowest BCUT2D eigenvalue weighted by Gasteiger charge is -2.34. The largest absolute Gasteiger partial charge is 0.381 e. The minimum atomic E-state index is -0.723. The number of carbonyl (C=O) groups is 2. The number of nitrogens with two attached hydrogens (primary N) is 1. The van der Waals surface area contributed by atoms with Crippen LogP contribution in [-0.2, 0) is 20.9 Å². The van der Waals surface area contributed by atoms with E-state index in [0.29, 0.717) is 38.4 Å². The van der Waals surface area contributed by atoms with Crippen LogP contribution in [0.2, 0.25) is 0 Å². The quantitative estimate of drug-likeness (QED) is 0.786. The maximum absolute atomic E-state index is 12.1. The number of aromatic nitrogens is 1. The number of ether oxygens (including phenoxy) is 2. The second kappa shape index (κ2) is 6.97. The van der Waals surface area contributed by atoms with E-state index in [0.717, 1.165) is 5.01 Å². The molecule has 0 spiro atoms. The van der Waals surface area contributed by atoms with Crippen molar-refractivity contribution in [1.82, 2.24) is 10.3 Å². The molecule has 3 N–H and O–H groups in total. The third-order valence-corrected chi connectivity index (χ3v) is 4.43. The fourth-order valence-electron chi connectivity index (χ4n) is 2.22. The summed E-state index contributed by atoms with van der Waals surface area (Å²) in [7, 11) is 1.57. The summed E-state index contributed by atoms with van der Waals surface area (Å²) in [4.78, 5) is 28.0. The summed E-state index contributed by atoms with van der Waals surface area (Å²) in [6.07, 6.45) is 1.04. The van der Waals surface area contributed by atoms with Crippen molar-refractivity contribution in [2.75, 3.05) is 26.9 Å². The number of nitrogens with zero attached hydrogens (tertiary/aromatic N) is 1. The molecule has 0 aliphatic carbocycles. The van der Waals surface area contributed by atoms with Crippen LogP contribution < -0.4 is 11.1 Å². The van der Waals surface area contributed by atoms with Gasteiger partial charge in [-0.05, 0) is 12.8 Å². The van der Waals surface area contributed by atoms with Crippen LogP contribution in [0, 0.1) is 5.41 Å². The molecule has 8 heteroatoms. The Morgan fingerprint density at radius 1 is 1.52 bits per heavy atom. The zero-order chi connectivity index (χ0) is 15.3. The molecule has 0 radical (unpaired) electrons. The van der Waals surface area contributed by atoms with E-state index in [1.807, 2.05) is 0 Å². The number of hydrogen-bond acceptors (Lipinski definition) is 6. The van der Waals surface area contributed by atoms with Gasteiger partial charge in [0.1, 0.15) is 10.7 Å². The van der Waals surface area contributed by atoms with Crippen molar-refractivity contribution < 1.29 is 19.1 Å². The average molecular weight is 313 g/mol. The maximum atomic E-state index is 12.1. The molecule has 1 fully saturated rings. The number of rotatable bonds is 6. The maximum Gasteiger partial charge on any atom is 0.270 e. The lowest BCUT2D eigenvalue weighted by atomic mass is 9.79. The van der Waals surface area contributed by atoms with Crippen molar-refractivity contribution in [2.24, 2.45) is 11.1 Å². The van der Waals surface area contributed by atoms with Crippen LogP contribution >= 0.6 is 11.3 Å². The Balaban J connectivity index is 1.96. The van der Waals surface area contributed by atoms with Crippen molar-refractivity contribution >= 4 is 23.2 Å². The monoisotopic (exact) mass is 313 g/mol. The van der Waals surface area contributed by atoms with Gasteiger partial charge in [-0.1, -0.05) is 0 Å². The number of primary amides is 1. The second-order valence-electron chi connectivity index (χ2n) is 5.00. The van der Waals surface area contributed by atoms with Gasteiger partial charge in [-0.15, -0.1) is 11.3 Å². The molecule has 1 aromatic heterocycles. The van der Waals surface area contributed by atoms with Gasteiger partial charge in [0.2, 0.25) is 5.91 Å². The minimum Gasteiger partial charge on any atom is -0.381 e. The van der Waals surface area contributed by atoms with E-state index in [2.05, 4.69) is 10.3 Å². The molecular weight excluding hydrogens is 294 g/mol. The smallest absolute Gasteiger partial charge is 0.270 e. The highest BCUT2D eigenvalue weighted by Gasteiger charge is 2.38. The Bertz CT molecular complexity index is 511. The zero-order valence-electron chi connectivity index (χ0n) is 11.9. The summed E-state index contributed by atoms with van der Waals surface area (Å²) >= 11 is 1.36. The Morgan fingerprint density at radius 2 is 2.24 bits per heavy atom. The van der Waals surface area contributed by atoms with Crippen LogP contribution in [0.5, 0.6) is 0 Å². The third-order valence-electron chi connectivity index (χ3n) is 3.61. The highest BCUT2D eigenvalue weighted by Crippen LogP contribution is 2.29. The molecular formula is C13H19N3O4S. The predicted molar refractivity (Wildman–Crippen MR) is 76.8 cm³/mol. The fraction of sp³-hybridized carbons (Fsp3) is 0.615. The molecule has 1 aliphatic rings. The van der Waals surface area contributed by atoms with Gasteiger partial charge < -0.3 is 20.5 Å². The van der Waals surface area contributed by atoms with E-state index < -0.39 is 11.3 Å². The van der Waals surface area contributed by atoms with E-state index in [9.17, 15) is 9.59 Å². The lowest BCUT2D eigenvalue weighted by Crippen LogP contribution is -2.49. The Morgan fingerprint density at radius 3 is 2.86 bits per heavy atom. The summed E-state index contributed by atoms with van der Waals surface area (Å²) in [6, 6.07) is 0. The van der Waals surface area contributed by atoms with Crippen LogP contribution in [0.1, 0.15) is 28.3 Å². The first-order chi connectivity index (χ1) is 10.1. The van der Waals surface area contributed by atoms with Crippen molar-refractivity contribution in [2.45, 2.75) is 19.4 Å². The standard InChI is InChI=1S/C13H19N3O4S/c1-19-6-10-16-9(7-21-10)11(17)15-8-13(12(14)18)2-4-20-5-3-13/h7H,2-6,8H2,1H3,(H2,14,18)(H,15,17). The highest BCUT2D eigenvalue weighted by atomic mass is 32.1. The second-order valence-corrected chi connectivity index (χ2v) is 5.94. The topological polar surface area (TPSA) is 104 Å². The summed E-state index contributed by atoms with van der Waals surface area (Å²) in [5.74, 6) is -0.704. The zero-order valence-corrected chi connectivity index (χ0v) is 12.7. The third kappa shape index (κ3) is 3.78. The molecule has 21 heavy (non-hydrogen) atoms. The van der Waals surface area contributed by atoms with Crippen LogP contribution in [0.4, 0.5) is 0 Å². The number of hydrogen-bond donors (Lipinski definition) is 2. The Hall–Kier alpha value is -1.51. The van der Waals surface area contributed by atoms with E-state index in [-0.39, 0.29) is 12.5 Å². The number of carbonyl (C=O) groups excluding carboxylic acids is 2. The van der Waals surface area contributed by atoms with E-state index >= 15 is 0 Å². The normalized spacial score (nSPS) is 17.4. The molecule has 0 unspecified atom stereocenters.